The SMILES string of the molecule is O=C(COc1ccccc1-c1ccc(F)nc1)N1CCC(CCc2ccc3c(c2)OCO3)CC1. The van der Waals surface area contributed by atoms with E-state index in [-0.39, 0.29) is 12.5 Å². The van der Waals surface area contributed by atoms with E-state index in [2.05, 4.69) is 17.1 Å². The van der Waals surface area contributed by atoms with Crippen LogP contribution >= 0.6 is 0 Å². The van der Waals surface area contributed by atoms with Crippen LogP contribution in [-0.4, -0.2) is 42.3 Å². The lowest BCUT2D eigenvalue weighted by atomic mass is 9.90. The van der Waals surface area contributed by atoms with Crippen molar-refractivity contribution in [1.29, 1.82) is 0 Å². The first-order valence-corrected chi connectivity index (χ1v) is 11.7. The molecule has 5 rings (SSSR count). The topological polar surface area (TPSA) is 60.9 Å². The zero-order valence-corrected chi connectivity index (χ0v) is 18.9. The van der Waals surface area contributed by atoms with Gasteiger partial charge in [-0.1, -0.05) is 24.3 Å². The molecule has 1 amide bonds. The third-order valence-electron chi connectivity index (χ3n) is 6.52. The summed E-state index contributed by atoms with van der Waals surface area (Å²) in [7, 11) is 0. The number of rotatable bonds is 7. The number of ether oxygens (including phenoxy) is 3. The second kappa shape index (κ2) is 10.1. The van der Waals surface area contributed by atoms with Gasteiger partial charge in [-0.15, -0.1) is 0 Å². The molecule has 2 aliphatic rings. The lowest BCUT2D eigenvalue weighted by Crippen LogP contribution is -2.41. The Morgan fingerprint density at radius 2 is 1.88 bits per heavy atom. The van der Waals surface area contributed by atoms with Gasteiger partial charge >= 0.3 is 0 Å². The quantitative estimate of drug-likeness (QED) is 0.469. The summed E-state index contributed by atoms with van der Waals surface area (Å²) in [5.41, 5.74) is 2.78. The van der Waals surface area contributed by atoms with Crippen LogP contribution in [-0.2, 0) is 11.2 Å². The molecule has 1 saturated heterocycles. The van der Waals surface area contributed by atoms with Crippen molar-refractivity contribution in [2.75, 3.05) is 26.5 Å². The van der Waals surface area contributed by atoms with Gasteiger partial charge in [0.2, 0.25) is 12.7 Å². The smallest absolute Gasteiger partial charge is 0.260 e. The molecule has 1 fully saturated rings. The lowest BCUT2D eigenvalue weighted by Gasteiger charge is -2.32. The van der Waals surface area contributed by atoms with E-state index in [1.54, 1.807) is 6.07 Å². The molecule has 0 radical (unpaired) electrons. The fraction of sp³-hybridized carbons (Fsp3) is 0.333. The molecule has 0 N–H and O–H groups in total. The molecule has 2 aromatic carbocycles. The maximum absolute atomic E-state index is 13.2. The normalized spacial score (nSPS) is 15.4. The van der Waals surface area contributed by atoms with Crippen LogP contribution in [0, 0.1) is 11.9 Å². The summed E-state index contributed by atoms with van der Waals surface area (Å²) in [4.78, 5) is 18.4. The van der Waals surface area contributed by atoms with Crippen molar-refractivity contribution >= 4 is 5.91 Å². The number of likely N-dealkylation sites (tertiary alicyclic amines) is 1. The molecule has 0 spiro atoms. The Kier molecular flexibility index (Phi) is 6.60. The minimum absolute atomic E-state index is 0.0127. The number of hydrogen-bond donors (Lipinski definition) is 0. The van der Waals surface area contributed by atoms with E-state index in [1.807, 2.05) is 35.2 Å². The molecule has 0 bridgehead atoms. The number of amides is 1. The van der Waals surface area contributed by atoms with Crippen molar-refractivity contribution in [3.63, 3.8) is 0 Å². The molecule has 0 unspecified atom stereocenters. The summed E-state index contributed by atoms with van der Waals surface area (Å²) >= 11 is 0. The van der Waals surface area contributed by atoms with Crippen molar-refractivity contribution in [1.82, 2.24) is 9.88 Å². The molecule has 0 atom stereocenters. The minimum atomic E-state index is -0.531. The molecular weight excluding hydrogens is 435 g/mol. The zero-order chi connectivity index (χ0) is 23.3. The largest absolute Gasteiger partial charge is 0.483 e. The number of aromatic nitrogens is 1. The van der Waals surface area contributed by atoms with Gasteiger partial charge in [-0.2, -0.15) is 4.39 Å². The number of piperidine rings is 1. The minimum Gasteiger partial charge on any atom is -0.483 e. The van der Waals surface area contributed by atoms with Gasteiger partial charge in [-0.25, -0.2) is 4.98 Å². The number of carbonyl (C=O) groups is 1. The van der Waals surface area contributed by atoms with Crippen LogP contribution in [0.15, 0.2) is 60.8 Å². The van der Waals surface area contributed by atoms with Gasteiger partial charge in [0.1, 0.15) is 5.75 Å². The maximum Gasteiger partial charge on any atom is 0.260 e. The van der Waals surface area contributed by atoms with Crippen molar-refractivity contribution in [2.24, 2.45) is 5.92 Å². The van der Waals surface area contributed by atoms with Crippen molar-refractivity contribution in [3.05, 3.63) is 72.3 Å². The first kappa shape index (κ1) is 22.2. The summed E-state index contributed by atoms with van der Waals surface area (Å²) in [6, 6.07) is 16.5. The number of para-hydroxylation sites is 1. The second-order valence-electron chi connectivity index (χ2n) is 8.70. The number of nitrogens with zero attached hydrogens (tertiary/aromatic N) is 2. The van der Waals surface area contributed by atoms with Gasteiger partial charge in [-0.05, 0) is 67.5 Å². The third kappa shape index (κ3) is 5.14. The van der Waals surface area contributed by atoms with E-state index in [9.17, 15) is 9.18 Å². The van der Waals surface area contributed by atoms with Gasteiger partial charge in [-0.3, -0.25) is 4.79 Å². The Morgan fingerprint density at radius 3 is 2.71 bits per heavy atom. The first-order chi connectivity index (χ1) is 16.7. The van der Waals surface area contributed by atoms with E-state index in [4.69, 9.17) is 14.2 Å². The Labute approximate surface area is 198 Å². The Morgan fingerprint density at radius 1 is 1.06 bits per heavy atom. The molecule has 2 aliphatic heterocycles. The van der Waals surface area contributed by atoms with E-state index in [0.717, 1.165) is 61.4 Å². The van der Waals surface area contributed by atoms with Gasteiger partial charge < -0.3 is 19.1 Å². The highest BCUT2D eigenvalue weighted by molar-refractivity contribution is 5.78. The summed E-state index contributed by atoms with van der Waals surface area (Å²) < 4.78 is 29.9. The standard InChI is InChI=1S/C27H27FN2O4/c28-26-10-8-21(16-29-26)22-3-1-2-4-23(22)32-17-27(31)30-13-11-19(12-14-30)5-6-20-7-9-24-25(15-20)34-18-33-24/h1-4,7-10,15-16,19H,5-6,11-14,17-18H2. The van der Waals surface area contributed by atoms with E-state index in [0.29, 0.717) is 18.5 Å². The number of halogens is 1. The number of hydrogen-bond acceptors (Lipinski definition) is 5. The highest BCUT2D eigenvalue weighted by Gasteiger charge is 2.23. The van der Waals surface area contributed by atoms with Crippen LogP contribution in [0.5, 0.6) is 17.2 Å². The predicted molar refractivity (Wildman–Crippen MR) is 125 cm³/mol. The molecule has 7 heteroatoms. The van der Waals surface area contributed by atoms with Crippen LogP contribution in [0.4, 0.5) is 4.39 Å². The second-order valence-corrected chi connectivity index (χ2v) is 8.70. The molecular formula is C27H27FN2O4. The van der Waals surface area contributed by atoms with Crippen LogP contribution in [0.3, 0.4) is 0 Å². The highest BCUT2D eigenvalue weighted by Crippen LogP contribution is 2.34. The average Bonchev–Trinajstić information content (AvgIpc) is 3.35. The van der Waals surface area contributed by atoms with E-state index < -0.39 is 5.95 Å². The van der Waals surface area contributed by atoms with E-state index in [1.165, 1.54) is 17.8 Å². The third-order valence-corrected chi connectivity index (χ3v) is 6.52. The average molecular weight is 463 g/mol. The highest BCUT2D eigenvalue weighted by atomic mass is 19.1. The number of aryl methyl sites for hydroxylation is 1. The lowest BCUT2D eigenvalue weighted by molar-refractivity contribution is -0.134. The molecule has 1 aromatic heterocycles. The zero-order valence-electron chi connectivity index (χ0n) is 18.9. The molecule has 176 valence electrons. The van der Waals surface area contributed by atoms with Crippen LogP contribution in [0.25, 0.3) is 11.1 Å². The maximum atomic E-state index is 13.2. The number of benzene rings is 2. The molecule has 0 saturated carbocycles. The first-order valence-electron chi connectivity index (χ1n) is 11.7. The summed E-state index contributed by atoms with van der Waals surface area (Å²) in [6.45, 7) is 1.77. The Hall–Kier alpha value is -3.61. The Bertz CT molecular complexity index is 1140. The van der Waals surface area contributed by atoms with Crippen LogP contribution in [0.2, 0.25) is 0 Å². The summed E-state index contributed by atoms with van der Waals surface area (Å²) in [5, 5.41) is 0. The van der Waals surface area contributed by atoms with Crippen LogP contribution < -0.4 is 14.2 Å². The van der Waals surface area contributed by atoms with Gasteiger partial charge in [0.25, 0.3) is 5.91 Å². The van der Waals surface area contributed by atoms with Crippen LogP contribution in [0.1, 0.15) is 24.8 Å². The molecule has 3 aromatic rings. The molecule has 34 heavy (non-hydrogen) atoms. The van der Waals surface area contributed by atoms with Gasteiger partial charge in [0.05, 0.1) is 0 Å². The summed E-state index contributed by atoms with van der Waals surface area (Å²) in [5.74, 6) is 2.28. The molecule has 3 heterocycles. The number of fused-ring (bicyclic) bond motifs is 1. The number of pyridine rings is 1. The summed E-state index contributed by atoms with van der Waals surface area (Å²) in [6.07, 6.45) is 5.54. The molecule has 0 aliphatic carbocycles. The van der Waals surface area contributed by atoms with Crippen molar-refractivity contribution in [2.45, 2.75) is 25.7 Å². The number of carbonyl (C=O) groups excluding carboxylic acids is 1. The monoisotopic (exact) mass is 462 g/mol. The van der Waals surface area contributed by atoms with Crippen molar-refractivity contribution in [3.8, 4) is 28.4 Å². The Balaban J connectivity index is 1.10. The fourth-order valence-corrected chi connectivity index (χ4v) is 4.54. The predicted octanol–water partition coefficient (Wildman–Crippen LogP) is 4.87. The molecule has 6 nitrogen and oxygen atoms in total. The van der Waals surface area contributed by atoms with Gasteiger partial charge in [0, 0.05) is 30.4 Å². The fourth-order valence-electron chi connectivity index (χ4n) is 4.54. The van der Waals surface area contributed by atoms with E-state index >= 15 is 0 Å². The van der Waals surface area contributed by atoms with Crippen molar-refractivity contribution < 1.29 is 23.4 Å². The van der Waals surface area contributed by atoms with Gasteiger partial charge in [0.15, 0.2) is 18.1 Å².